The van der Waals surface area contributed by atoms with Gasteiger partial charge in [0, 0.05) is 18.9 Å². The summed E-state index contributed by atoms with van der Waals surface area (Å²) in [6.45, 7) is 9.30. The normalized spacial score (nSPS) is 20.2. The predicted octanol–water partition coefficient (Wildman–Crippen LogP) is 4.40. The van der Waals surface area contributed by atoms with Crippen molar-refractivity contribution in [3.63, 3.8) is 0 Å². The van der Waals surface area contributed by atoms with Crippen LogP contribution in [-0.4, -0.2) is 71.6 Å². The van der Waals surface area contributed by atoms with Crippen LogP contribution in [0.5, 0.6) is 0 Å². The van der Waals surface area contributed by atoms with E-state index in [0.717, 1.165) is 6.42 Å². The van der Waals surface area contributed by atoms with Gasteiger partial charge < -0.3 is 23.9 Å². The van der Waals surface area contributed by atoms with Crippen molar-refractivity contribution in [2.45, 2.75) is 77.2 Å². The van der Waals surface area contributed by atoms with Gasteiger partial charge >= 0.3 is 11.8 Å². The van der Waals surface area contributed by atoms with E-state index in [1.165, 1.54) is 15.5 Å². The van der Waals surface area contributed by atoms with Crippen molar-refractivity contribution in [1.29, 1.82) is 5.26 Å². The maximum atomic E-state index is 15.4. The van der Waals surface area contributed by atoms with E-state index < -0.39 is 41.3 Å². The van der Waals surface area contributed by atoms with Crippen LogP contribution in [0.4, 0.5) is 9.18 Å². The average molecular weight is 623 g/mol. The second kappa shape index (κ2) is 13.4. The Balaban J connectivity index is 1.28. The minimum Gasteiger partial charge on any atom is -0.444 e. The maximum absolute atomic E-state index is 15.4. The van der Waals surface area contributed by atoms with Crippen LogP contribution >= 0.6 is 0 Å². The molecule has 4 atom stereocenters. The van der Waals surface area contributed by atoms with Gasteiger partial charge in [-0.25, -0.2) is 14.0 Å². The number of ether oxygens (including phenoxy) is 3. The quantitative estimate of drug-likeness (QED) is 0.329. The van der Waals surface area contributed by atoms with E-state index in [2.05, 4.69) is 11.4 Å². The minimum absolute atomic E-state index is 0.0100. The molecule has 0 saturated carbocycles. The van der Waals surface area contributed by atoms with E-state index in [-0.39, 0.29) is 23.9 Å². The van der Waals surface area contributed by atoms with Crippen LogP contribution in [0, 0.1) is 23.1 Å². The Hall–Kier alpha value is -4.21. The molecule has 1 aromatic heterocycles. The van der Waals surface area contributed by atoms with Crippen molar-refractivity contribution in [3.05, 3.63) is 58.3 Å². The van der Waals surface area contributed by atoms with Crippen molar-refractivity contribution in [3.8, 4) is 17.2 Å². The largest absolute Gasteiger partial charge is 0.444 e. The number of benzene rings is 2. The highest BCUT2D eigenvalue weighted by molar-refractivity contribution is 5.87. The van der Waals surface area contributed by atoms with E-state index >= 15 is 4.39 Å². The Bertz CT molecular complexity index is 1650. The molecule has 2 amide bonds. The fourth-order valence-electron chi connectivity index (χ4n) is 5.93. The number of carbonyl (C=O) groups excluding carboxylic acids is 2. The van der Waals surface area contributed by atoms with E-state index in [4.69, 9.17) is 18.6 Å². The van der Waals surface area contributed by atoms with Gasteiger partial charge in [-0.05, 0) is 68.5 Å². The van der Waals surface area contributed by atoms with Crippen LogP contribution in [-0.2, 0) is 32.0 Å². The maximum Gasteiger partial charge on any atom is 0.420 e. The molecule has 0 spiro atoms. The van der Waals surface area contributed by atoms with Crippen molar-refractivity contribution >= 4 is 23.1 Å². The molecule has 11 nitrogen and oxygen atoms in total. The number of amides is 2. The summed E-state index contributed by atoms with van der Waals surface area (Å²) in [5.41, 5.74) is 1.76. The molecule has 2 fully saturated rings. The first kappa shape index (κ1) is 32.2. The Labute approximate surface area is 260 Å². The first-order valence-electron chi connectivity index (χ1n) is 15.3. The van der Waals surface area contributed by atoms with Crippen molar-refractivity contribution in [2.75, 3.05) is 26.4 Å². The second-order valence-corrected chi connectivity index (χ2v) is 12.5. The summed E-state index contributed by atoms with van der Waals surface area (Å²) in [6.07, 6.45) is 0.586. The van der Waals surface area contributed by atoms with Gasteiger partial charge in [0.2, 0.25) is 5.91 Å². The standard InChI is InChI=1S/C33H39FN4O7/c1-5-11-42-12-10-37-26-15-21(8-9-29(26)44-31(37)40)20-6-7-22(25(34)14-20)13-24(17-35)36-30(39)27-16-23-18-43-19-28(23)38(27)32(41)45-33(2,3)4/h6-9,14-15,23-24,27-28H,5,10-13,16,18-19H2,1-4H3,(H,36,39)/t23-,24+,27+,28+/m1/s1. The summed E-state index contributed by atoms with van der Waals surface area (Å²) in [7, 11) is 0. The minimum atomic E-state index is -1.03. The number of nitriles is 1. The van der Waals surface area contributed by atoms with Gasteiger partial charge in [-0.2, -0.15) is 5.26 Å². The number of rotatable bonds is 10. The fourth-order valence-corrected chi connectivity index (χ4v) is 5.93. The summed E-state index contributed by atoms with van der Waals surface area (Å²) in [4.78, 5) is 40.3. The second-order valence-electron chi connectivity index (χ2n) is 12.5. The number of aromatic nitrogens is 1. The molecule has 2 aliphatic heterocycles. The summed E-state index contributed by atoms with van der Waals surface area (Å²) in [5, 5.41) is 12.6. The predicted molar refractivity (Wildman–Crippen MR) is 163 cm³/mol. The van der Waals surface area contributed by atoms with Crippen molar-refractivity contribution in [1.82, 2.24) is 14.8 Å². The summed E-state index contributed by atoms with van der Waals surface area (Å²) >= 11 is 0. The monoisotopic (exact) mass is 622 g/mol. The highest BCUT2D eigenvalue weighted by Crippen LogP contribution is 2.36. The topological polar surface area (TPSA) is 136 Å². The molecule has 240 valence electrons. The number of hydrogen-bond donors (Lipinski definition) is 1. The molecule has 5 rings (SSSR count). The van der Waals surface area contributed by atoms with Crippen LogP contribution in [0.3, 0.4) is 0 Å². The zero-order valence-electron chi connectivity index (χ0n) is 26.0. The highest BCUT2D eigenvalue weighted by atomic mass is 19.1. The Morgan fingerprint density at radius 2 is 1.91 bits per heavy atom. The number of nitrogens with one attached hydrogen (secondary N) is 1. The first-order valence-corrected chi connectivity index (χ1v) is 15.3. The third-order valence-corrected chi connectivity index (χ3v) is 8.05. The molecule has 1 N–H and O–H groups in total. The van der Waals surface area contributed by atoms with E-state index in [0.29, 0.717) is 61.6 Å². The van der Waals surface area contributed by atoms with Crippen LogP contribution in [0.2, 0.25) is 0 Å². The first-order chi connectivity index (χ1) is 21.5. The Morgan fingerprint density at radius 1 is 1.16 bits per heavy atom. The number of halogens is 1. The molecule has 0 radical (unpaired) electrons. The molecule has 2 saturated heterocycles. The summed E-state index contributed by atoms with van der Waals surface area (Å²) in [5.74, 6) is -1.53. The fraction of sp³-hybridized carbons (Fsp3) is 0.515. The molecule has 0 aliphatic carbocycles. The van der Waals surface area contributed by atoms with Crippen LogP contribution in [0.1, 0.15) is 46.1 Å². The van der Waals surface area contributed by atoms with Gasteiger partial charge in [0.05, 0.1) is 44.0 Å². The summed E-state index contributed by atoms with van der Waals surface area (Å²) in [6, 6.07) is 9.77. The van der Waals surface area contributed by atoms with Gasteiger partial charge in [-0.15, -0.1) is 0 Å². The molecule has 3 heterocycles. The van der Waals surface area contributed by atoms with E-state index in [1.807, 2.05) is 6.92 Å². The van der Waals surface area contributed by atoms with Gasteiger partial charge in [0.1, 0.15) is 23.5 Å². The van der Waals surface area contributed by atoms with Crippen LogP contribution in [0.25, 0.3) is 22.2 Å². The molecule has 0 bridgehead atoms. The SMILES string of the molecule is CCCOCCn1c(=O)oc2ccc(-c3ccc(C[C@@H](C#N)NC(=O)[C@@H]4C[C@@H]5COC[C@@H]5N4C(=O)OC(C)(C)C)c(F)c3)cc21. The van der Waals surface area contributed by atoms with Gasteiger partial charge in [-0.1, -0.05) is 25.1 Å². The lowest BCUT2D eigenvalue weighted by Gasteiger charge is -2.31. The van der Waals surface area contributed by atoms with Crippen LogP contribution < -0.4 is 11.1 Å². The zero-order chi connectivity index (χ0) is 32.3. The number of likely N-dealkylation sites (tertiary alicyclic amines) is 1. The van der Waals surface area contributed by atoms with Crippen molar-refractivity contribution in [2.24, 2.45) is 5.92 Å². The molecular formula is C33H39FN4O7. The third-order valence-electron chi connectivity index (χ3n) is 8.05. The molecular weight excluding hydrogens is 583 g/mol. The number of fused-ring (bicyclic) bond motifs is 2. The number of hydrogen-bond acceptors (Lipinski definition) is 8. The Morgan fingerprint density at radius 3 is 2.62 bits per heavy atom. The molecule has 2 aliphatic rings. The molecule has 45 heavy (non-hydrogen) atoms. The lowest BCUT2D eigenvalue weighted by atomic mass is 9.99. The lowest BCUT2D eigenvalue weighted by molar-refractivity contribution is -0.126. The molecule has 12 heteroatoms. The number of carbonyl (C=O) groups is 2. The zero-order valence-corrected chi connectivity index (χ0v) is 26.0. The van der Waals surface area contributed by atoms with Crippen LogP contribution in [0.15, 0.2) is 45.6 Å². The molecule has 2 aromatic carbocycles. The van der Waals surface area contributed by atoms with E-state index in [9.17, 15) is 19.6 Å². The van der Waals surface area contributed by atoms with E-state index in [1.54, 1.807) is 51.1 Å². The average Bonchev–Trinajstić information content (AvgIpc) is 3.67. The van der Waals surface area contributed by atoms with Gasteiger partial charge in [-0.3, -0.25) is 14.3 Å². The number of oxazole rings is 1. The molecule has 3 aromatic rings. The third kappa shape index (κ3) is 7.21. The lowest BCUT2D eigenvalue weighted by Crippen LogP contribution is -2.53. The van der Waals surface area contributed by atoms with Gasteiger partial charge in [0.15, 0.2) is 5.58 Å². The van der Waals surface area contributed by atoms with Crippen molar-refractivity contribution < 1.29 is 32.6 Å². The number of nitrogens with zero attached hydrogens (tertiary/aromatic N) is 3. The molecule has 0 unspecified atom stereocenters. The Kier molecular flexibility index (Phi) is 9.60. The smallest absolute Gasteiger partial charge is 0.420 e. The summed E-state index contributed by atoms with van der Waals surface area (Å²) < 4.78 is 38.9. The van der Waals surface area contributed by atoms with Gasteiger partial charge in [0.25, 0.3) is 0 Å². The highest BCUT2D eigenvalue weighted by Gasteiger charge is 2.51.